The van der Waals surface area contributed by atoms with Crippen molar-refractivity contribution in [1.29, 1.82) is 0 Å². The van der Waals surface area contributed by atoms with E-state index < -0.39 is 15.9 Å². The van der Waals surface area contributed by atoms with Crippen LogP contribution in [-0.4, -0.2) is 30.6 Å². The summed E-state index contributed by atoms with van der Waals surface area (Å²) in [6.07, 6.45) is 0.111. The van der Waals surface area contributed by atoms with Crippen molar-refractivity contribution in [2.24, 2.45) is 5.92 Å². The summed E-state index contributed by atoms with van der Waals surface area (Å²) in [5, 5.41) is 8.85. The van der Waals surface area contributed by atoms with Crippen molar-refractivity contribution in [2.45, 2.75) is 45.5 Å². The summed E-state index contributed by atoms with van der Waals surface area (Å²) in [5.41, 5.74) is 0. The van der Waals surface area contributed by atoms with Gasteiger partial charge in [0, 0.05) is 0 Å². The molecule has 0 aromatic carbocycles. The maximum atomic E-state index is 11.4. The van der Waals surface area contributed by atoms with Crippen LogP contribution in [0.3, 0.4) is 0 Å². The summed E-state index contributed by atoms with van der Waals surface area (Å²) in [6.45, 7) is 6.91. The van der Waals surface area contributed by atoms with E-state index >= 15 is 0 Å². The van der Waals surface area contributed by atoms with Crippen LogP contribution in [0.25, 0.3) is 0 Å². The molecule has 0 amide bonds. The quantitative estimate of drug-likeness (QED) is 0.739. The molecular formula is C9H20O3S. The second-order valence-corrected chi connectivity index (χ2v) is 6.60. The van der Waals surface area contributed by atoms with Gasteiger partial charge in [-0.05, 0) is 33.1 Å². The molecule has 13 heavy (non-hydrogen) atoms. The van der Waals surface area contributed by atoms with Gasteiger partial charge in [-0.15, -0.1) is 0 Å². The molecule has 0 spiro atoms. The van der Waals surface area contributed by atoms with Crippen LogP contribution in [0, 0.1) is 5.92 Å². The van der Waals surface area contributed by atoms with Gasteiger partial charge in [0.15, 0.2) is 9.84 Å². The highest BCUT2D eigenvalue weighted by Crippen LogP contribution is 2.11. The first-order chi connectivity index (χ1) is 5.77. The monoisotopic (exact) mass is 208 g/mol. The minimum atomic E-state index is -2.94. The van der Waals surface area contributed by atoms with Crippen LogP contribution in [-0.2, 0) is 9.84 Å². The molecule has 0 fully saturated rings. The number of hydrogen-bond donors (Lipinski definition) is 1. The number of hydrogen-bond acceptors (Lipinski definition) is 3. The number of rotatable bonds is 5. The smallest absolute Gasteiger partial charge is 0.152 e. The normalized spacial score (nSPS) is 17.4. The Morgan fingerprint density at radius 3 is 1.92 bits per heavy atom. The average molecular weight is 208 g/mol. The van der Waals surface area contributed by atoms with Crippen LogP contribution in [0.5, 0.6) is 0 Å². The number of aliphatic hydroxyl groups excluding tert-OH is 1. The summed E-state index contributed by atoms with van der Waals surface area (Å²) in [5.74, 6) is 0.227. The van der Waals surface area contributed by atoms with Gasteiger partial charge in [-0.2, -0.15) is 0 Å². The van der Waals surface area contributed by atoms with E-state index in [0.717, 1.165) is 0 Å². The molecule has 0 aliphatic rings. The minimum absolute atomic E-state index is 0.0496. The molecule has 0 bridgehead atoms. The minimum Gasteiger partial charge on any atom is -0.393 e. The Balaban J connectivity index is 4.04. The van der Waals surface area contributed by atoms with Crippen molar-refractivity contribution in [3.05, 3.63) is 0 Å². The molecule has 2 atom stereocenters. The fourth-order valence-corrected chi connectivity index (χ4v) is 2.00. The molecule has 0 rings (SSSR count). The average Bonchev–Trinajstić information content (AvgIpc) is 1.99. The topological polar surface area (TPSA) is 54.4 Å². The van der Waals surface area contributed by atoms with E-state index in [1.807, 2.05) is 6.92 Å². The highest BCUT2D eigenvalue weighted by Gasteiger charge is 2.18. The second kappa shape index (κ2) is 4.96. The fourth-order valence-electron chi connectivity index (χ4n) is 0.827. The first kappa shape index (κ1) is 12.9. The predicted octanol–water partition coefficient (Wildman–Crippen LogP) is 1.22. The lowest BCUT2D eigenvalue weighted by atomic mass is 10.0. The van der Waals surface area contributed by atoms with E-state index in [4.69, 9.17) is 5.11 Å². The Kier molecular flexibility index (Phi) is 4.92. The zero-order chi connectivity index (χ0) is 10.6. The molecule has 1 N–H and O–H groups in total. The highest BCUT2D eigenvalue weighted by atomic mass is 32.2. The van der Waals surface area contributed by atoms with Crippen molar-refractivity contribution < 1.29 is 13.5 Å². The van der Waals surface area contributed by atoms with Gasteiger partial charge >= 0.3 is 0 Å². The summed E-state index contributed by atoms with van der Waals surface area (Å²) in [7, 11) is -2.94. The fraction of sp³-hybridized carbons (Fsp3) is 1.00. The standard InChI is InChI=1S/C9H20O3S/c1-7(2)13(11,12)6-5-8(3)9(4)10/h7-10H,5-6H2,1-4H3. The molecule has 0 heterocycles. The van der Waals surface area contributed by atoms with Crippen LogP contribution in [0.1, 0.15) is 34.1 Å². The lowest BCUT2D eigenvalue weighted by molar-refractivity contribution is 0.133. The first-order valence-electron chi connectivity index (χ1n) is 4.67. The number of sulfone groups is 1. The van der Waals surface area contributed by atoms with Crippen molar-refractivity contribution in [3.63, 3.8) is 0 Å². The molecule has 0 aliphatic carbocycles. The molecule has 0 saturated carbocycles. The Labute approximate surface area is 81.1 Å². The molecule has 4 heteroatoms. The molecule has 0 radical (unpaired) electrons. The molecule has 2 unspecified atom stereocenters. The third kappa shape index (κ3) is 4.62. The molecule has 80 valence electrons. The van der Waals surface area contributed by atoms with E-state index in [2.05, 4.69) is 0 Å². The summed E-state index contributed by atoms with van der Waals surface area (Å²) in [6, 6.07) is 0. The van der Waals surface area contributed by atoms with Crippen LogP contribution in [0.4, 0.5) is 0 Å². The lowest BCUT2D eigenvalue weighted by Crippen LogP contribution is -2.22. The van der Waals surface area contributed by atoms with Gasteiger partial charge in [-0.3, -0.25) is 0 Å². The zero-order valence-corrected chi connectivity index (χ0v) is 9.63. The molecule has 0 aromatic rings. The van der Waals surface area contributed by atoms with Gasteiger partial charge in [0.25, 0.3) is 0 Å². The highest BCUT2D eigenvalue weighted by molar-refractivity contribution is 7.91. The second-order valence-electron chi connectivity index (χ2n) is 3.92. The van der Waals surface area contributed by atoms with Crippen LogP contribution in [0.15, 0.2) is 0 Å². The lowest BCUT2D eigenvalue weighted by Gasteiger charge is -2.15. The predicted molar refractivity (Wildman–Crippen MR) is 54.4 cm³/mol. The van der Waals surface area contributed by atoms with Crippen molar-refractivity contribution >= 4 is 9.84 Å². The van der Waals surface area contributed by atoms with Gasteiger partial charge in [0.1, 0.15) is 0 Å². The van der Waals surface area contributed by atoms with Crippen LogP contribution < -0.4 is 0 Å². The Hall–Kier alpha value is -0.0900. The van der Waals surface area contributed by atoms with E-state index in [1.165, 1.54) is 0 Å². The SMILES string of the molecule is CC(O)C(C)CCS(=O)(=O)C(C)C. The van der Waals surface area contributed by atoms with Crippen LogP contribution >= 0.6 is 0 Å². The van der Waals surface area contributed by atoms with Gasteiger partial charge in [0.05, 0.1) is 17.1 Å². The maximum absolute atomic E-state index is 11.4. The van der Waals surface area contributed by atoms with Gasteiger partial charge < -0.3 is 5.11 Å². The van der Waals surface area contributed by atoms with E-state index in [9.17, 15) is 8.42 Å². The molecule has 0 aromatic heterocycles. The van der Waals surface area contributed by atoms with E-state index in [0.29, 0.717) is 6.42 Å². The van der Waals surface area contributed by atoms with Gasteiger partial charge in [-0.1, -0.05) is 6.92 Å². The summed E-state index contributed by atoms with van der Waals surface area (Å²) in [4.78, 5) is 0. The third-order valence-electron chi connectivity index (χ3n) is 2.40. The largest absolute Gasteiger partial charge is 0.393 e. The molecule has 3 nitrogen and oxygen atoms in total. The molecule has 0 aliphatic heterocycles. The third-order valence-corrected chi connectivity index (χ3v) is 4.64. The van der Waals surface area contributed by atoms with Crippen molar-refractivity contribution in [3.8, 4) is 0 Å². The maximum Gasteiger partial charge on any atom is 0.152 e. The summed E-state index contributed by atoms with van der Waals surface area (Å²) >= 11 is 0. The Bertz CT molecular complexity index is 229. The van der Waals surface area contributed by atoms with Gasteiger partial charge in [0.2, 0.25) is 0 Å². The Morgan fingerprint density at radius 1 is 1.15 bits per heavy atom. The van der Waals surface area contributed by atoms with E-state index in [-0.39, 0.29) is 16.9 Å². The Morgan fingerprint density at radius 2 is 1.62 bits per heavy atom. The van der Waals surface area contributed by atoms with Gasteiger partial charge in [-0.25, -0.2) is 8.42 Å². The van der Waals surface area contributed by atoms with Crippen molar-refractivity contribution in [1.82, 2.24) is 0 Å². The molecular weight excluding hydrogens is 188 g/mol. The zero-order valence-electron chi connectivity index (χ0n) is 8.82. The number of aliphatic hydroxyl groups is 1. The molecule has 0 saturated heterocycles. The summed E-state index contributed by atoms with van der Waals surface area (Å²) < 4.78 is 22.8. The van der Waals surface area contributed by atoms with E-state index in [1.54, 1.807) is 20.8 Å². The first-order valence-corrected chi connectivity index (χ1v) is 6.38. The van der Waals surface area contributed by atoms with Crippen molar-refractivity contribution in [2.75, 3.05) is 5.75 Å². The van der Waals surface area contributed by atoms with Crippen LogP contribution in [0.2, 0.25) is 0 Å².